The number of carbonyl (C=O) groups is 1. The van der Waals surface area contributed by atoms with Crippen molar-refractivity contribution < 1.29 is 9.53 Å². The molecule has 0 spiro atoms. The van der Waals surface area contributed by atoms with Gasteiger partial charge in [0.25, 0.3) is 0 Å². The first-order valence-corrected chi connectivity index (χ1v) is 5.85. The normalized spacial score (nSPS) is 12.2. The highest BCUT2D eigenvalue weighted by Gasteiger charge is 2.16. The molecular weight excluding hydrogens is 305 g/mol. The van der Waals surface area contributed by atoms with Crippen LogP contribution in [-0.2, 0) is 9.53 Å². The smallest absolute Gasteiger partial charge is 0.313 e. The van der Waals surface area contributed by atoms with Gasteiger partial charge in [0.15, 0.2) is 0 Å². The first-order chi connectivity index (χ1) is 7.06. The van der Waals surface area contributed by atoms with Gasteiger partial charge in [0.1, 0.15) is 0 Å². The molecule has 15 heavy (non-hydrogen) atoms. The fraction of sp³-hybridized carbons (Fsp3) is 0.364. The topological polar surface area (TPSA) is 52.3 Å². The maximum Gasteiger partial charge on any atom is 0.313 e. The van der Waals surface area contributed by atoms with Crippen LogP contribution in [0.25, 0.3) is 0 Å². The molecule has 3 nitrogen and oxygen atoms in total. The van der Waals surface area contributed by atoms with Crippen molar-refractivity contribution in [3.63, 3.8) is 0 Å². The molecule has 1 aromatic carbocycles. The van der Waals surface area contributed by atoms with Crippen LogP contribution < -0.4 is 5.73 Å². The Kier molecular flexibility index (Phi) is 4.38. The lowest BCUT2D eigenvalue weighted by Gasteiger charge is -2.11. The van der Waals surface area contributed by atoms with Gasteiger partial charge in [-0.2, -0.15) is 0 Å². The Morgan fingerprint density at radius 2 is 2.27 bits per heavy atom. The zero-order valence-electron chi connectivity index (χ0n) is 8.79. The Morgan fingerprint density at radius 1 is 1.60 bits per heavy atom. The van der Waals surface area contributed by atoms with E-state index in [-0.39, 0.29) is 11.9 Å². The molecule has 0 aliphatic carbocycles. The molecule has 1 atom stereocenters. The lowest BCUT2D eigenvalue weighted by molar-refractivity contribution is -0.144. The third kappa shape index (κ3) is 3.09. The molecule has 0 heterocycles. The summed E-state index contributed by atoms with van der Waals surface area (Å²) >= 11 is 2.15. The van der Waals surface area contributed by atoms with Gasteiger partial charge in [-0.1, -0.05) is 6.07 Å². The van der Waals surface area contributed by atoms with Crippen molar-refractivity contribution in [2.24, 2.45) is 0 Å². The third-order valence-corrected chi connectivity index (χ3v) is 3.10. The highest BCUT2D eigenvalue weighted by atomic mass is 127. The van der Waals surface area contributed by atoms with Crippen molar-refractivity contribution in [1.29, 1.82) is 0 Å². The number of esters is 1. The van der Waals surface area contributed by atoms with E-state index in [1.807, 2.05) is 25.1 Å². The van der Waals surface area contributed by atoms with Crippen molar-refractivity contribution in [3.05, 3.63) is 27.3 Å². The molecule has 0 fully saturated rings. The zero-order valence-corrected chi connectivity index (χ0v) is 10.9. The summed E-state index contributed by atoms with van der Waals surface area (Å²) in [4.78, 5) is 11.5. The zero-order chi connectivity index (χ0) is 11.4. The second-order valence-electron chi connectivity index (χ2n) is 3.25. The Balaban J connectivity index is 2.86. The predicted octanol–water partition coefficient (Wildman–Crippen LogP) is 2.54. The van der Waals surface area contributed by atoms with Crippen LogP contribution in [-0.4, -0.2) is 12.6 Å². The van der Waals surface area contributed by atoms with Crippen LogP contribution in [0.1, 0.15) is 25.3 Å². The van der Waals surface area contributed by atoms with Crippen LogP contribution >= 0.6 is 22.6 Å². The minimum absolute atomic E-state index is 0.196. The molecule has 0 aliphatic heterocycles. The number of carbonyl (C=O) groups excluding carboxylic acids is 1. The first kappa shape index (κ1) is 12.3. The number of ether oxygens (including phenoxy) is 1. The second-order valence-corrected chi connectivity index (χ2v) is 4.42. The maximum atomic E-state index is 11.5. The van der Waals surface area contributed by atoms with Crippen molar-refractivity contribution in [2.75, 3.05) is 12.3 Å². The lowest BCUT2D eigenvalue weighted by atomic mass is 10.0. The summed E-state index contributed by atoms with van der Waals surface area (Å²) in [6.45, 7) is 4.05. The molecule has 0 saturated carbocycles. The van der Waals surface area contributed by atoms with Crippen molar-refractivity contribution in [2.45, 2.75) is 19.8 Å². The van der Waals surface area contributed by atoms with Crippen LogP contribution in [0.4, 0.5) is 5.69 Å². The number of hydrogen-bond donors (Lipinski definition) is 1. The number of benzene rings is 1. The van der Waals surface area contributed by atoms with Gasteiger partial charge in [0, 0.05) is 9.26 Å². The standard InChI is InChI=1S/C11H14INO2/c1-3-15-11(14)7(2)8-4-5-10(13)9(12)6-8/h4-7H,3,13H2,1-2H3. The number of nitrogen functional groups attached to an aromatic ring is 1. The molecule has 0 aliphatic rings. The highest BCUT2D eigenvalue weighted by Crippen LogP contribution is 2.22. The van der Waals surface area contributed by atoms with E-state index in [1.165, 1.54) is 0 Å². The molecule has 82 valence electrons. The molecule has 0 radical (unpaired) electrons. The van der Waals surface area contributed by atoms with Crippen molar-refractivity contribution >= 4 is 34.2 Å². The minimum Gasteiger partial charge on any atom is -0.466 e. The van der Waals surface area contributed by atoms with Gasteiger partial charge in [-0.3, -0.25) is 4.79 Å². The van der Waals surface area contributed by atoms with Crippen LogP contribution in [0, 0.1) is 3.57 Å². The van der Waals surface area contributed by atoms with Crippen LogP contribution in [0.5, 0.6) is 0 Å². The Bertz CT molecular complexity index is 366. The van der Waals surface area contributed by atoms with E-state index in [0.29, 0.717) is 6.61 Å². The van der Waals surface area contributed by atoms with Crippen LogP contribution in [0.3, 0.4) is 0 Å². The third-order valence-electron chi connectivity index (χ3n) is 2.16. The summed E-state index contributed by atoms with van der Waals surface area (Å²) in [5.74, 6) is -0.433. The molecule has 0 amide bonds. The summed E-state index contributed by atoms with van der Waals surface area (Å²) in [5, 5.41) is 0. The summed E-state index contributed by atoms with van der Waals surface area (Å²) in [6, 6.07) is 5.59. The first-order valence-electron chi connectivity index (χ1n) is 4.77. The lowest BCUT2D eigenvalue weighted by Crippen LogP contribution is -2.13. The molecule has 1 aromatic rings. The molecular formula is C11H14INO2. The minimum atomic E-state index is -0.237. The van der Waals surface area contributed by atoms with Crippen LogP contribution in [0.2, 0.25) is 0 Å². The molecule has 4 heteroatoms. The Hall–Kier alpha value is -0.780. The number of anilines is 1. The van der Waals surface area contributed by atoms with Crippen molar-refractivity contribution in [1.82, 2.24) is 0 Å². The van der Waals surface area contributed by atoms with Gasteiger partial charge in [-0.05, 0) is 54.1 Å². The average molecular weight is 319 g/mol. The molecule has 1 rings (SSSR count). The SMILES string of the molecule is CCOC(=O)C(C)c1ccc(N)c(I)c1. The summed E-state index contributed by atoms with van der Waals surface area (Å²) < 4.78 is 5.92. The van der Waals surface area contributed by atoms with E-state index in [2.05, 4.69) is 22.6 Å². The highest BCUT2D eigenvalue weighted by molar-refractivity contribution is 14.1. The van der Waals surface area contributed by atoms with Crippen LogP contribution in [0.15, 0.2) is 18.2 Å². The van der Waals surface area contributed by atoms with Gasteiger partial charge >= 0.3 is 5.97 Å². The van der Waals surface area contributed by atoms with Gasteiger partial charge in [0.2, 0.25) is 0 Å². The van der Waals surface area contributed by atoms with Gasteiger partial charge in [0.05, 0.1) is 12.5 Å². The van der Waals surface area contributed by atoms with Gasteiger partial charge < -0.3 is 10.5 Å². The summed E-state index contributed by atoms with van der Waals surface area (Å²) in [7, 11) is 0. The fourth-order valence-corrected chi connectivity index (χ4v) is 1.76. The average Bonchev–Trinajstić information content (AvgIpc) is 2.21. The number of halogens is 1. The van der Waals surface area contributed by atoms with E-state index in [0.717, 1.165) is 14.8 Å². The predicted molar refractivity (Wildman–Crippen MR) is 68.6 cm³/mol. The largest absolute Gasteiger partial charge is 0.466 e. The van der Waals surface area contributed by atoms with Gasteiger partial charge in [-0.15, -0.1) is 0 Å². The monoisotopic (exact) mass is 319 g/mol. The van der Waals surface area contributed by atoms with E-state index in [4.69, 9.17) is 10.5 Å². The fourth-order valence-electron chi connectivity index (χ4n) is 1.22. The molecule has 0 bridgehead atoms. The number of rotatable bonds is 3. The van der Waals surface area contributed by atoms with Gasteiger partial charge in [-0.25, -0.2) is 0 Å². The quantitative estimate of drug-likeness (QED) is 0.529. The van der Waals surface area contributed by atoms with E-state index in [1.54, 1.807) is 6.92 Å². The maximum absolute atomic E-state index is 11.5. The molecule has 1 unspecified atom stereocenters. The Morgan fingerprint density at radius 3 is 2.80 bits per heavy atom. The van der Waals surface area contributed by atoms with Crippen molar-refractivity contribution in [3.8, 4) is 0 Å². The number of nitrogens with two attached hydrogens (primary N) is 1. The van der Waals surface area contributed by atoms with E-state index >= 15 is 0 Å². The number of hydrogen-bond acceptors (Lipinski definition) is 3. The van der Waals surface area contributed by atoms with E-state index < -0.39 is 0 Å². The summed E-state index contributed by atoms with van der Waals surface area (Å²) in [5.41, 5.74) is 7.37. The molecule has 2 N–H and O–H groups in total. The second kappa shape index (κ2) is 5.34. The van der Waals surface area contributed by atoms with E-state index in [9.17, 15) is 4.79 Å². The summed E-state index contributed by atoms with van der Waals surface area (Å²) in [6.07, 6.45) is 0. The molecule has 0 aromatic heterocycles. The molecule has 0 saturated heterocycles. The Labute approximate surface area is 103 Å².